The van der Waals surface area contributed by atoms with Gasteiger partial charge in [0.15, 0.2) is 0 Å². The number of nitrogens with zero attached hydrogens (tertiary/aromatic N) is 5. The van der Waals surface area contributed by atoms with Crippen molar-refractivity contribution in [3.05, 3.63) is 18.7 Å². The Morgan fingerprint density at radius 1 is 1.10 bits per heavy atom. The van der Waals surface area contributed by atoms with E-state index in [1.165, 1.54) is 6.33 Å². The lowest BCUT2D eigenvalue weighted by molar-refractivity contribution is 0.887. The van der Waals surface area contributed by atoms with Crippen molar-refractivity contribution < 1.29 is 0 Å². The zero-order chi connectivity index (χ0) is 6.81. The lowest BCUT2D eigenvalue weighted by atomic mass is 10.5. The van der Waals surface area contributed by atoms with Crippen LogP contribution in [0.3, 0.4) is 0 Å². The summed E-state index contributed by atoms with van der Waals surface area (Å²) in [6, 6.07) is 0. The van der Waals surface area contributed by atoms with Crippen LogP contribution in [0.2, 0.25) is 0 Å². The van der Waals surface area contributed by atoms with Gasteiger partial charge in [0.2, 0.25) is 0 Å². The third-order valence-corrected chi connectivity index (χ3v) is 1.11. The standard InChI is InChI=1S/C5H3N5/c1-5-4(7-3-6-1)2-8-10-9-5/h1-3H. The van der Waals surface area contributed by atoms with E-state index >= 15 is 0 Å². The minimum atomic E-state index is 0.664. The van der Waals surface area contributed by atoms with E-state index in [9.17, 15) is 0 Å². The molecule has 2 aromatic heterocycles. The molecule has 0 aromatic carbocycles. The van der Waals surface area contributed by atoms with Crippen molar-refractivity contribution in [3.63, 3.8) is 0 Å². The van der Waals surface area contributed by atoms with Crippen molar-refractivity contribution in [2.45, 2.75) is 0 Å². The Labute approximate surface area is 56.1 Å². The van der Waals surface area contributed by atoms with Crippen molar-refractivity contribution in [2.75, 3.05) is 0 Å². The van der Waals surface area contributed by atoms with Crippen LogP contribution in [0.5, 0.6) is 0 Å². The SMILES string of the molecule is c1ncc2nnncc2n1. The zero-order valence-corrected chi connectivity index (χ0v) is 4.97. The molecule has 0 aliphatic carbocycles. The second kappa shape index (κ2) is 1.94. The molecule has 0 fully saturated rings. The lowest BCUT2D eigenvalue weighted by Gasteiger charge is -1.87. The fraction of sp³-hybridized carbons (Fsp3) is 0. The van der Waals surface area contributed by atoms with Gasteiger partial charge in [-0.05, 0) is 5.21 Å². The Hall–Kier alpha value is -1.65. The average molecular weight is 133 g/mol. The summed E-state index contributed by atoms with van der Waals surface area (Å²) in [5.74, 6) is 0. The molecule has 2 aromatic rings. The smallest absolute Gasteiger partial charge is 0.133 e. The number of hydrogen-bond acceptors (Lipinski definition) is 5. The van der Waals surface area contributed by atoms with Gasteiger partial charge >= 0.3 is 0 Å². The molecule has 0 unspecified atom stereocenters. The van der Waals surface area contributed by atoms with Crippen LogP contribution in [0.15, 0.2) is 18.7 Å². The molecule has 48 valence electrons. The van der Waals surface area contributed by atoms with Crippen LogP contribution in [0.25, 0.3) is 11.0 Å². The molecule has 0 atom stereocenters. The van der Waals surface area contributed by atoms with Gasteiger partial charge in [-0.2, -0.15) is 0 Å². The Morgan fingerprint density at radius 2 is 2.10 bits per heavy atom. The van der Waals surface area contributed by atoms with Crippen LogP contribution >= 0.6 is 0 Å². The minimum Gasteiger partial charge on any atom is -0.242 e. The molecular formula is C5H3N5. The molecule has 0 aliphatic heterocycles. The monoisotopic (exact) mass is 133 g/mol. The summed E-state index contributed by atoms with van der Waals surface area (Å²) in [6.07, 6.45) is 4.59. The van der Waals surface area contributed by atoms with Crippen LogP contribution in [-0.4, -0.2) is 25.4 Å². The maximum absolute atomic E-state index is 3.91. The van der Waals surface area contributed by atoms with Crippen LogP contribution in [0.1, 0.15) is 0 Å². The van der Waals surface area contributed by atoms with Gasteiger partial charge < -0.3 is 0 Å². The molecule has 2 heterocycles. The van der Waals surface area contributed by atoms with Crippen molar-refractivity contribution >= 4 is 11.0 Å². The van der Waals surface area contributed by atoms with E-state index in [1.807, 2.05) is 0 Å². The summed E-state index contributed by atoms with van der Waals surface area (Å²) in [5, 5.41) is 10.7. The molecule has 5 nitrogen and oxygen atoms in total. The summed E-state index contributed by atoms with van der Waals surface area (Å²) in [6.45, 7) is 0. The average Bonchev–Trinajstić information content (AvgIpc) is 2.05. The van der Waals surface area contributed by atoms with Gasteiger partial charge in [-0.1, -0.05) is 0 Å². The fourth-order valence-corrected chi connectivity index (χ4v) is 0.663. The van der Waals surface area contributed by atoms with Gasteiger partial charge in [-0.25, -0.2) is 9.97 Å². The molecule has 0 amide bonds. The highest BCUT2D eigenvalue weighted by Crippen LogP contribution is 1.98. The second-order valence-corrected chi connectivity index (χ2v) is 1.73. The third-order valence-electron chi connectivity index (χ3n) is 1.11. The molecule has 5 heteroatoms. The summed E-state index contributed by atoms with van der Waals surface area (Å²) in [7, 11) is 0. The van der Waals surface area contributed by atoms with E-state index in [0.29, 0.717) is 11.0 Å². The Balaban J connectivity index is 2.89. The van der Waals surface area contributed by atoms with Crippen LogP contribution in [-0.2, 0) is 0 Å². The Morgan fingerprint density at radius 3 is 3.00 bits per heavy atom. The van der Waals surface area contributed by atoms with Crippen molar-refractivity contribution in [1.29, 1.82) is 0 Å². The molecule has 0 saturated heterocycles. The van der Waals surface area contributed by atoms with Crippen LogP contribution in [0.4, 0.5) is 0 Å². The largest absolute Gasteiger partial charge is 0.242 e. The predicted octanol–water partition coefficient (Wildman–Crippen LogP) is -0.185. The predicted molar refractivity (Wildman–Crippen MR) is 32.9 cm³/mol. The number of aromatic nitrogens is 5. The molecule has 0 saturated carbocycles. The third kappa shape index (κ3) is 0.680. The summed E-state index contributed by atoms with van der Waals surface area (Å²) < 4.78 is 0. The highest BCUT2D eigenvalue weighted by Gasteiger charge is 1.91. The van der Waals surface area contributed by atoms with Crippen molar-refractivity contribution in [1.82, 2.24) is 25.4 Å². The van der Waals surface area contributed by atoms with Gasteiger partial charge in [0.25, 0.3) is 0 Å². The molecule has 0 aliphatic rings. The van der Waals surface area contributed by atoms with E-state index in [1.54, 1.807) is 12.4 Å². The van der Waals surface area contributed by atoms with E-state index in [2.05, 4.69) is 25.4 Å². The Kier molecular flexibility index (Phi) is 1.00. The maximum Gasteiger partial charge on any atom is 0.133 e. The van der Waals surface area contributed by atoms with Gasteiger partial charge in [-0.15, -0.1) is 10.2 Å². The first kappa shape index (κ1) is 5.16. The number of fused-ring (bicyclic) bond motifs is 1. The molecule has 0 radical (unpaired) electrons. The highest BCUT2D eigenvalue weighted by atomic mass is 15.3. The van der Waals surface area contributed by atoms with Gasteiger partial charge in [0.1, 0.15) is 17.4 Å². The van der Waals surface area contributed by atoms with Crippen LogP contribution in [0, 0.1) is 0 Å². The summed E-state index contributed by atoms with van der Waals surface area (Å²) >= 11 is 0. The van der Waals surface area contributed by atoms with Crippen LogP contribution < -0.4 is 0 Å². The van der Waals surface area contributed by atoms with E-state index < -0.39 is 0 Å². The molecule has 0 spiro atoms. The highest BCUT2D eigenvalue weighted by molar-refractivity contribution is 5.70. The van der Waals surface area contributed by atoms with Gasteiger partial charge in [0.05, 0.1) is 12.4 Å². The van der Waals surface area contributed by atoms with Crippen molar-refractivity contribution in [2.24, 2.45) is 0 Å². The molecule has 0 bridgehead atoms. The van der Waals surface area contributed by atoms with E-state index in [4.69, 9.17) is 0 Å². The zero-order valence-electron chi connectivity index (χ0n) is 4.97. The first-order valence-corrected chi connectivity index (χ1v) is 2.71. The van der Waals surface area contributed by atoms with Gasteiger partial charge in [-0.3, -0.25) is 0 Å². The first-order chi connectivity index (χ1) is 4.97. The Bertz CT molecular complexity index is 281. The normalized spacial score (nSPS) is 10.0. The van der Waals surface area contributed by atoms with E-state index in [-0.39, 0.29) is 0 Å². The summed E-state index contributed by atoms with van der Waals surface area (Å²) in [5.41, 5.74) is 1.38. The second-order valence-electron chi connectivity index (χ2n) is 1.73. The van der Waals surface area contributed by atoms with E-state index in [0.717, 1.165) is 0 Å². The molecule has 10 heavy (non-hydrogen) atoms. The lowest BCUT2D eigenvalue weighted by Crippen LogP contribution is -1.89. The van der Waals surface area contributed by atoms with Crippen molar-refractivity contribution in [3.8, 4) is 0 Å². The first-order valence-electron chi connectivity index (χ1n) is 2.71. The molecular weight excluding hydrogens is 130 g/mol. The molecule has 0 N–H and O–H groups in total. The fourth-order valence-electron chi connectivity index (χ4n) is 0.663. The van der Waals surface area contributed by atoms with Gasteiger partial charge in [0, 0.05) is 0 Å². The topological polar surface area (TPSA) is 64.5 Å². The number of rotatable bonds is 0. The molecule has 2 rings (SSSR count). The summed E-state index contributed by atoms with van der Waals surface area (Å²) in [4.78, 5) is 7.68. The number of hydrogen-bond donors (Lipinski definition) is 0. The quantitative estimate of drug-likeness (QED) is 0.498. The minimum absolute atomic E-state index is 0.664. The maximum atomic E-state index is 3.91.